The summed E-state index contributed by atoms with van der Waals surface area (Å²) < 4.78 is 0. The molecule has 130 valence electrons. The molecule has 0 bridgehead atoms. The fraction of sp³-hybridized carbons (Fsp3) is 0.0435. The maximum atomic E-state index is 10.2. The predicted octanol–water partition coefficient (Wildman–Crippen LogP) is 5.45. The summed E-state index contributed by atoms with van der Waals surface area (Å²) in [5.41, 5.74) is 4.61. The smallest absolute Gasteiger partial charge is 0.123 e. The third-order valence-corrected chi connectivity index (χ3v) is 4.11. The lowest BCUT2D eigenvalue weighted by molar-refractivity contribution is 0.473. The summed E-state index contributed by atoms with van der Waals surface area (Å²) in [7, 11) is 0. The molecule has 0 saturated heterocycles. The Morgan fingerprint density at radius 2 is 1.04 bits per heavy atom. The van der Waals surface area contributed by atoms with E-state index in [4.69, 9.17) is 0 Å². The van der Waals surface area contributed by atoms with Gasteiger partial charge in [0.05, 0.1) is 0 Å². The van der Waals surface area contributed by atoms with Gasteiger partial charge < -0.3 is 15.3 Å². The van der Waals surface area contributed by atoms with Gasteiger partial charge in [0.25, 0.3) is 0 Å². The fourth-order valence-electron chi connectivity index (χ4n) is 2.58. The highest BCUT2D eigenvalue weighted by Crippen LogP contribution is 2.26. The molecule has 3 N–H and O–H groups in total. The molecule has 3 rings (SSSR count). The van der Waals surface area contributed by atoms with Crippen LogP contribution < -0.4 is 0 Å². The van der Waals surface area contributed by atoms with Crippen LogP contribution in [-0.4, -0.2) is 15.3 Å². The molecule has 0 radical (unpaired) electrons. The molecule has 0 unspecified atom stereocenters. The van der Waals surface area contributed by atoms with E-state index in [1.165, 1.54) is 0 Å². The summed E-state index contributed by atoms with van der Waals surface area (Å²) in [5, 5.41) is 28.9. The number of hydrogen-bond donors (Lipinski definition) is 3. The second-order valence-electron chi connectivity index (χ2n) is 6.12. The number of hydrogen-bond acceptors (Lipinski definition) is 3. The van der Waals surface area contributed by atoms with E-state index in [0.717, 1.165) is 22.3 Å². The maximum Gasteiger partial charge on any atom is 0.123 e. The Hall–Kier alpha value is -3.46. The molecule has 3 aromatic carbocycles. The molecule has 0 aliphatic heterocycles. The van der Waals surface area contributed by atoms with Crippen LogP contribution in [0.1, 0.15) is 27.8 Å². The lowest BCUT2D eigenvalue weighted by Crippen LogP contribution is -1.84. The molecule has 0 aromatic heterocycles. The van der Waals surface area contributed by atoms with Crippen LogP contribution in [-0.2, 0) is 0 Å². The molecule has 3 nitrogen and oxygen atoms in total. The van der Waals surface area contributed by atoms with Crippen LogP contribution in [0.25, 0.3) is 24.3 Å². The summed E-state index contributed by atoms with van der Waals surface area (Å²) in [5.74, 6) is 0.686. The van der Waals surface area contributed by atoms with E-state index in [1.54, 1.807) is 30.3 Å². The van der Waals surface area contributed by atoms with Gasteiger partial charge in [0.2, 0.25) is 0 Å². The lowest BCUT2D eigenvalue weighted by atomic mass is 10.0. The molecule has 0 aliphatic carbocycles. The van der Waals surface area contributed by atoms with Crippen molar-refractivity contribution in [3.63, 3.8) is 0 Å². The minimum Gasteiger partial charge on any atom is -0.508 e. The number of aryl methyl sites for hydroxylation is 1. The van der Waals surface area contributed by atoms with E-state index < -0.39 is 0 Å². The molecule has 0 spiro atoms. The third kappa shape index (κ3) is 4.33. The number of rotatable bonds is 4. The predicted molar refractivity (Wildman–Crippen MR) is 107 cm³/mol. The van der Waals surface area contributed by atoms with E-state index in [0.29, 0.717) is 5.56 Å². The van der Waals surface area contributed by atoms with Crippen molar-refractivity contribution < 1.29 is 15.3 Å². The van der Waals surface area contributed by atoms with Crippen molar-refractivity contribution in [3.8, 4) is 17.2 Å². The van der Waals surface area contributed by atoms with E-state index in [-0.39, 0.29) is 17.2 Å². The molecule has 3 heteroatoms. The van der Waals surface area contributed by atoms with Crippen LogP contribution in [0.4, 0.5) is 0 Å². The van der Waals surface area contributed by atoms with Crippen molar-refractivity contribution in [2.45, 2.75) is 6.92 Å². The second kappa shape index (κ2) is 7.62. The highest BCUT2D eigenvalue weighted by atomic mass is 16.3. The Bertz CT molecular complexity index is 873. The van der Waals surface area contributed by atoms with Crippen LogP contribution in [0.3, 0.4) is 0 Å². The molecule has 0 saturated carbocycles. The molecular formula is C23H20O3. The van der Waals surface area contributed by atoms with Crippen molar-refractivity contribution in [3.05, 3.63) is 88.5 Å². The Morgan fingerprint density at radius 3 is 1.54 bits per heavy atom. The highest BCUT2D eigenvalue weighted by Gasteiger charge is 2.03. The number of benzene rings is 3. The monoisotopic (exact) mass is 344 g/mol. The first-order valence-corrected chi connectivity index (χ1v) is 8.29. The van der Waals surface area contributed by atoms with Crippen molar-refractivity contribution >= 4 is 24.3 Å². The minimum atomic E-state index is 0.222. The van der Waals surface area contributed by atoms with Crippen LogP contribution in [0, 0.1) is 6.92 Å². The fourth-order valence-corrected chi connectivity index (χ4v) is 2.58. The van der Waals surface area contributed by atoms with Gasteiger partial charge >= 0.3 is 0 Å². The molecule has 0 heterocycles. The van der Waals surface area contributed by atoms with Gasteiger partial charge in [-0.05, 0) is 65.6 Å². The molecule has 0 aliphatic rings. The molecule has 3 aromatic rings. The van der Waals surface area contributed by atoms with Gasteiger partial charge in [-0.2, -0.15) is 0 Å². The van der Waals surface area contributed by atoms with E-state index in [2.05, 4.69) is 0 Å². The van der Waals surface area contributed by atoms with Gasteiger partial charge in [-0.3, -0.25) is 0 Å². The first-order chi connectivity index (χ1) is 12.5. The summed E-state index contributed by atoms with van der Waals surface area (Å²) in [6, 6.07) is 17.5. The third-order valence-electron chi connectivity index (χ3n) is 4.11. The lowest BCUT2D eigenvalue weighted by Gasteiger charge is -2.06. The molecule has 0 amide bonds. The quantitative estimate of drug-likeness (QED) is 0.551. The van der Waals surface area contributed by atoms with E-state index >= 15 is 0 Å². The first-order valence-electron chi connectivity index (χ1n) is 8.29. The molecule has 0 atom stereocenters. The van der Waals surface area contributed by atoms with Crippen LogP contribution in [0.5, 0.6) is 17.2 Å². The summed E-state index contributed by atoms with van der Waals surface area (Å²) >= 11 is 0. The standard InChI is InChI=1S/C23H20O3/c1-16-14-23(26)20(9-3-18-6-12-22(25)13-7-18)15-19(16)8-2-17-4-10-21(24)11-5-17/h2-15,24-26H,1H3/b8-2+,9-3+. The molecule has 0 fully saturated rings. The summed E-state index contributed by atoms with van der Waals surface area (Å²) in [6.45, 7) is 1.95. The van der Waals surface area contributed by atoms with E-state index in [1.807, 2.05) is 61.6 Å². The zero-order chi connectivity index (χ0) is 18.5. The van der Waals surface area contributed by atoms with Gasteiger partial charge in [-0.25, -0.2) is 0 Å². The first kappa shape index (κ1) is 17.4. The zero-order valence-corrected chi connectivity index (χ0v) is 14.4. The average molecular weight is 344 g/mol. The molecular weight excluding hydrogens is 324 g/mol. The summed E-state index contributed by atoms with van der Waals surface area (Å²) in [4.78, 5) is 0. The maximum absolute atomic E-state index is 10.2. The Labute approximate surface area is 152 Å². The minimum absolute atomic E-state index is 0.222. The van der Waals surface area contributed by atoms with E-state index in [9.17, 15) is 15.3 Å². The number of aromatic hydroxyl groups is 3. The second-order valence-corrected chi connectivity index (χ2v) is 6.12. The number of phenols is 3. The van der Waals surface area contributed by atoms with Crippen LogP contribution in [0.2, 0.25) is 0 Å². The largest absolute Gasteiger partial charge is 0.508 e. The van der Waals surface area contributed by atoms with Crippen LogP contribution in [0.15, 0.2) is 60.7 Å². The Balaban J connectivity index is 1.86. The van der Waals surface area contributed by atoms with Gasteiger partial charge in [-0.1, -0.05) is 48.6 Å². The Kier molecular flexibility index (Phi) is 5.09. The van der Waals surface area contributed by atoms with Crippen LogP contribution >= 0.6 is 0 Å². The van der Waals surface area contributed by atoms with Crippen molar-refractivity contribution in [1.29, 1.82) is 0 Å². The van der Waals surface area contributed by atoms with Crippen molar-refractivity contribution in [1.82, 2.24) is 0 Å². The normalized spacial score (nSPS) is 11.4. The zero-order valence-electron chi connectivity index (χ0n) is 14.4. The van der Waals surface area contributed by atoms with Gasteiger partial charge in [0.15, 0.2) is 0 Å². The van der Waals surface area contributed by atoms with Crippen molar-refractivity contribution in [2.75, 3.05) is 0 Å². The SMILES string of the molecule is Cc1cc(O)c(/C=C/c2ccc(O)cc2)cc1/C=C/c1ccc(O)cc1. The Morgan fingerprint density at radius 1 is 0.577 bits per heavy atom. The topological polar surface area (TPSA) is 60.7 Å². The average Bonchev–Trinajstić information content (AvgIpc) is 2.63. The molecule has 26 heavy (non-hydrogen) atoms. The van der Waals surface area contributed by atoms with Gasteiger partial charge in [0.1, 0.15) is 17.2 Å². The summed E-state index contributed by atoms with van der Waals surface area (Å²) in [6.07, 6.45) is 7.68. The van der Waals surface area contributed by atoms with Gasteiger partial charge in [0, 0.05) is 5.56 Å². The van der Waals surface area contributed by atoms with Crippen molar-refractivity contribution in [2.24, 2.45) is 0 Å². The van der Waals surface area contributed by atoms with Gasteiger partial charge in [-0.15, -0.1) is 0 Å². The number of phenolic OH excluding ortho intramolecular Hbond substituents is 3. The highest BCUT2D eigenvalue weighted by molar-refractivity contribution is 5.77.